The first kappa shape index (κ1) is 16.8. The van der Waals surface area contributed by atoms with Crippen LogP contribution >= 0.6 is 0 Å². The summed E-state index contributed by atoms with van der Waals surface area (Å²) in [7, 11) is 4.18. The minimum atomic E-state index is 0.144. The zero-order valence-electron chi connectivity index (χ0n) is 15.2. The molecule has 1 saturated heterocycles. The van der Waals surface area contributed by atoms with Crippen molar-refractivity contribution in [2.75, 3.05) is 27.2 Å². The van der Waals surface area contributed by atoms with Crippen molar-refractivity contribution in [2.24, 2.45) is 5.92 Å². The van der Waals surface area contributed by atoms with E-state index in [2.05, 4.69) is 30.5 Å². The molecule has 3 heterocycles. The van der Waals surface area contributed by atoms with Crippen LogP contribution in [0.4, 0.5) is 0 Å². The van der Waals surface area contributed by atoms with Gasteiger partial charge in [-0.05, 0) is 52.1 Å². The van der Waals surface area contributed by atoms with Crippen molar-refractivity contribution < 1.29 is 9.21 Å². The fraction of sp³-hybridized carbons (Fsp3) is 0.526. The van der Waals surface area contributed by atoms with Crippen molar-refractivity contribution in [1.29, 1.82) is 0 Å². The van der Waals surface area contributed by atoms with Crippen LogP contribution in [0.2, 0.25) is 0 Å². The summed E-state index contributed by atoms with van der Waals surface area (Å²) in [6.45, 7) is 8.57. The normalized spacial score (nSPS) is 21.0. The molecule has 130 valence electrons. The number of likely N-dealkylation sites (N-methyl/N-ethyl adjacent to an activating group) is 1. The molecule has 0 aromatic carbocycles. The Hall–Kier alpha value is -2.01. The highest BCUT2D eigenvalue weighted by Gasteiger charge is 2.35. The standard InChI is InChI=1S/C19H27N3O2/c1-13-10-21(12-18(13)20(4)5)19(23)17-9-14(2)22(15(17)3)11-16-7-6-8-24-16/h6-9,13,18H,10-12H2,1-5H3/t13-,18-/m0/s1. The van der Waals surface area contributed by atoms with Gasteiger partial charge in [0.25, 0.3) is 5.91 Å². The number of hydrogen-bond donors (Lipinski definition) is 0. The molecule has 3 rings (SSSR count). The monoisotopic (exact) mass is 329 g/mol. The van der Waals surface area contributed by atoms with E-state index < -0.39 is 0 Å². The number of hydrogen-bond acceptors (Lipinski definition) is 3. The van der Waals surface area contributed by atoms with Gasteiger partial charge in [0.05, 0.1) is 18.4 Å². The minimum absolute atomic E-state index is 0.144. The van der Waals surface area contributed by atoms with Crippen LogP contribution in [0, 0.1) is 19.8 Å². The molecule has 1 fully saturated rings. The van der Waals surface area contributed by atoms with Crippen LogP contribution in [0.5, 0.6) is 0 Å². The third-order valence-corrected chi connectivity index (χ3v) is 5.22. The van der Waals surface area contributed by atoms with E-state index in [1.165, 1.54) is 0 Å². The Labute approximate surface area is 143 Å². The number of aromatic nitrogens is 1. The Balaban J connectivity index is 1.81. The highest BCUT2D eigenvalue weighted by atomic mass is 16.3. The molecule has 2 aromatic rings. The summed E-state index contributed by atoms with van der Waals surface area (Å²) >= 11 is 0. The molecule has 1 amide bonds. The molecule has 24 heavy (non-hydrogen) atoms. The number of furan rings is 1. The molecule has 0 radical (unpaired) electrons. The SMILES string of the molecule is Cc1cc(C(=O)N2C[C@H](C)[C@@H](N(C)C)C2)c(C)n1Cc1ccco1. The molecular weight excluding hydrogens is 302 g/mol. The Bertz CT molecular complexity index is 715. The number of carbonyl (C=O) groups is 1. The molecule has 5 nitrogen and oxygen atoms in total. The Morgan fingerprint density at radius 2 is 2.08 bits per heavy atom. The van der Waals surface area contributed by atoms with Gasteiger partial charge in [-0.2, -0.15) is 0 Å². The Kier molecular flexibility index (Phi) is 4.54. The van der Waals surface area contributed by atoms with E-state index in [4.69, 9.17) is 4.42 Å². The number of amides is 1. The summed E-state index contributed by atoms with van der Waals surface area (Å²) in [5.74, 6) is 1.54. The molecular formula is C19H27N3O2. The lowest BCUT2D eigenvalue weighted by Crippen LogP contribution is -2.35. The molecule has 1 aliphatic rings. The van der Waals surface area contributed by atoms with Gasteiger partial charge in [-0.3, -0.25) is 4.79 Å². The predicted molar refractivity (Wildman–Crippen MR) is 94.3 cm³/mol. The van der Waals surface area contributed by atoms with E-state index in [0.29, 0.717) is 18.5 Å². The zero-order valence-corrected chi connectivity index (χ0v) is 15.2. The molecule has 0 unspecified atom stereocenters. The first-order chi connectivity index (χ1) is 11.4. The van der Waals surface area contributed by atoms with Gasteiger partial charge in [0, 0.05) is 30.5 Å². The van der Waals surface area contributed by atoms with Crippen molar-refractivity contribution >= 4 is 5.91 Å². The van der Waals surface area contributed by atoms with Crippen molar-refractivity contribution in [3.63, 3.8) is 0 Å². The summed E-state index contributed by atoms with van der Waals surface area (Å²) in [5.41, 5.74) is 2.91. The largest absolute Gasteiger partial charge is 0.467 e. The lowest BCUT2D eigenvalue weighted by molar-refractivity contribution is 0.0780. The number of aryl methyl sites for hydroxylation is 1. The summed E-state index contributed by atoms with van der Waals surface area (Å²) in [6, 6.07) is 6.29. The molecule has 2 atom stereocenters. The van der Waals surface area contributed by atoms with E-state index in [9.17, 15) is 4.79 Å². The van der Waals surface area contributed by atoms with E-state index in [1.54, 1.807) is 6.26 Å². The van der Waals surface area contributed by atoms with Gasteiger partial charge >= 0.3 is 0 Å². The second kappa shape index (κ2) is 6.48. The van der Waals surface area contributed by atoms with E-state index >= 15 is 0 Å². The van der Waals surface area contributed by atoms with Crippen molar-refractivity contribution in [1.82, 2.24) is 14.4 Å². The lowest BCUT2D eigenvalue weighted by Gasteiger charge is -2.22. The summed E-state index contributed by atoms with van der Waals surface area (Å²) in [5, 5.41) is 0. The zero-order chi connectivity index (χ0) is 17.4. The fourth-order valence-electron chi connectivity index (χ4n) is 3.78. The van der Waals surface area contributed by atoms with Gasteiger partial charge < -0.3 is 18.8 Å². The molecule has 1 aliphatic heterocycles. The highest BCUT2D eigenvalue weighted by molar-refractivity contribution is 5.96. The summed E-state index contributed by atoms with van der Waals surface area (Å²) in [4.78, 5) is 17.2. The second-order valence-electron chi connectivity index (χ2n) is 7.17. The van der Waals surface area contributed by atoms with Crippen molar-refractivity contribution in [2.45, 2.75) is 33.4 Å². The third kappa shape index (κ3) is 3.00. The molecule has 0 spiro atoms. The molecule has 0 saturated carbocycles. The van der Waals surface area contributed by atoms with Gasteiger partial charge in [-0.15, -0.1) is 0 Å². The maximum atomic E-state index is 13.0. The van der Waals surface area contributed by atoms with Crippen LogP contribution in [0.1, 0.15) is 34.4 Å². The lowest BCUT2D eigenvalue weighted by atomic mass is 10.1. The smallest absolute Gasteiger partial charge is 0.255 e. The maximum Gasteiger partial charge on any atom is 0.255 e. The first-order valence-corrected chi connectivity index (χ1v) is 8.53. The maximum absolute atomic E-state index is 13.0. The fourth-order valence-corrected chi connectivity index (χ4v) is 3.78. The first-order valence-electron chi connectivity index (χ1n) is 8.53. The van der Waals surface area contributed by atoms with Crippen LogP contribution in [-0.2, 0) is 6.54 Å². The molecule has 0 bridgehead atoms. The predicted octanol–water partition coefficient (Wildman–Crippen LogP) is 2.77. The summed E-state index contributed by atoms with van der Waals surface area (Å²) in [6.07, 6.45) is 1.68. The summed E-state index contributed by atoms with van der Waals surface area (Å²) < 4.78 is 7.60. The Morgan fingerprint density at radius 3 is 2.67 bits per heavy atom. The third-order valence-electron chi connectivity index (χ3n) is 5.22. The average Bonchev–Trinajstić information content (AvgIpc) is 3.23. The van der Waals surface area contributed by atoms with Crippen LogP contribution in [0.3, 0.4) is 0 Å². The van der Waals surface area contributed by atoms with Crippen LogP contribution in [-0.4, -0.2) is 53.5 Å². The van der Waals surface area contributed by atoms with Gasteiger partial charge in [-0.1, -0.05) is 6.92 Å². The molecule has 2 aromatic heterocycles. The second-order valence-corrected chi connectivity index (χ2v) is 7.17. The average molecular weight is 329 g/mol. The van der Waals surface area contributed by atoms with Crippen LogP contribution < -0.4 is 0 Å². The number of rotatable bonds is 4. The van der Waals surface area contributed by atoms with Gasteiger partial charge in [0.2, 0.25) is 0 Å². The van der Waals surface area contributed by atoms with Gasteiger partial charge in [0.15, 0.2) is 0 Å². The molecule has 5 heteroatoms. The molecule has 0 aliphatic carbocycles. The molecule has 0 N–H and O–H groups in total. The highest BCUT2D eigenvalue weighted by Crippen LogP contribution is 2.25. The van der Waals surface area contributed by atoms with E-state index in [0.717, 1.165) is 35.8 Å². The Morgan fingerprint density at radius 1 is 1.33 bits per heavy atom. The van der Waals surface area contributed by atoms with Crippen molar-refractivity contribution in [3.8, 4) is 0 Å². The van der Waals surface area contributed by atoms with Crippen LogP contribution in [0.15, 0.2) is 28.9 Å². The minimum Gasteiger partial charge on any atom is -0.467 e. The van der Waals surface area contributed by atoms with E-state index in [1.807, 2.05) is 36.9 Å². The van der Waals surface area contributed by atoms with Crippen molar-refractivity contribution in [3.05, 3.63) is 47.2 Å². The quantitative estimate of drug-likeness (QED) is 0.866. The number of carbonyl (C=O) groups excluding carboxylic acids is 1. The topological polar surface area (TPSA) is 41.6 Å². The van der Waals surface area contributed by atoms with Gasteiger partial charge in [-0.25, -0.2) is 0 Å². The number of nitrogens with zero attached hydrogens (tertiary/aromatic N) is 3. The van der Waals surface area contributed by atoms with Crippen LogP contribution in [0.25, 0.3) is 0 Å². The van der Waals surface area contributed by atoms with E-state index in [-0.39, 0.29) is 5.91 Å². The number of likely N-dealkylation sites (tertiary alicyclic amines) is 1. The van der Waals surface area contributed by atoms with Gasteiger partial charge in [0.1, 0.15) is 5.76 Å².